The molecule has 2 aliphatic rings. The molecule has 0 fully saturated rings. The molecular weight excluding hydrogens is 330 g/mol. The van der Waals surface area contributed by atoms with Crippen LogP contribution in [-0.2, 0) is 11.8 Å². The number of hydrogen-bond donors (Lipinski definition) is 0. The van der Waals surface area contributed by atoms with Crippen molar-refractivity contribution >= 4 is 22.9 Å². The molecule has 0 bridgehead atoms. The lowest BCUT2D eigenvalue weighted by atomic mass is 9.86. The zero-order valence-electron chi connectivity index (χ0n) is 16.4. The Balaban J connectivity index is 1.69. The van der Waals surface area contributed by atoms with E-state index in [-0.39, 0.29) is 11.6 Å². The molecule has 5 rings (SSSR count). The second-order valence-corrected chi connectivity index (χ2v) is 8.65. The molecule has 3 heterocycles. The predicted octanol–water partition coefficient (Wildman–Crippen LogP) is 5.86. The van der Waals surface area contributed by atoms with Crippen LogP contribution < -0.4 is 9.80 Å². The van der Waals surface area contributed by atoms with Gasteiger partial charge in [-0.2, -0.15) is 0 Å². The van der Waals surface area contributed by atoms with Crippen molar-refractivity contribution < 1.29 is 0 Å². The van der Waals surface area contributed by atoms with E-state index in [1.54, 1.807) is 0 Å². The van der Waals surface area contributed by atoms with E-state index >= 15 is 0 Å². The number of rotatable bonds is 1. The number of hydrogen-bond acceptors (Lipinski definition) is 3. The highest BCUT2D eigenvalue weighted by Gasteiger charge is 2.44. The molecule has 0 N–H and O–H groups in total. The number of aryl methyl sites for hydroxylation is 1. The highest BCUT2D eigenvalue weighted by Crippen LogP contribution is 2.52. The van der Waals surface area contributed by atoms with Crippen molar-refractivity contribution in [1.29, 1.82) is 0 Å². The molecule has 3 nitrogen and oxygen atoms in total. The minimum atomic E-state index is 0.139. The monoisotopic (exact) mass is 355 g/mol. The number of para-hydroxylation sites is 1. The van der Waals surface area contributed by atoms with E-state index in [1.165, 1.54) is 33.8 Å². The van der Waals surface area contributed by atoms with Crippen LogP contribution in [0.5, 0.6) is 0 Å². The fraction of sp³-hybridized carbons (Fsp3) is 0.292. The van der Waals surface area contributed by atoms with Crippen molar-refractivity contribution in [2.24, 2.45) is 0 Å². The molecule has 3 aromatic rings. The summed E-state index contributed by atoms with van der Waals surface area (Å²) in [6, 6.07) is 19.9. The summed E-state index contributed by atoms with van der Waals surface area (Å²) >= 11 is 0. The first kappa shape index (κ1) is 16.4. The fourth-order valence-electron chi connectivity index (χ4n) is 4.38. The molecule has 2 aliphatic heterocycles. The van der Waals surface area contributed by atoms with Crippen LogP contribution in [0.4, 0.5) is 22.9 Å². The number of fused-ring (bicyclic) bond motifs is 5. The van der Waals surface area contributed by atoms with Crippen molar-refractivity contribution in [3.8, 4) is 0 Å². The van der Waals surface area contributed by atoms with E-state index in [2.05, 4.69) is 86.0 Å². The van der Waals surface area contributed by atoms with Crippen LogP contribution in [0.1, 0.15) is 37.5 Å². The van der Waals surface area contributed by atoms with Gasteiger partial charge in [-0.15, -0.1) is 0 Å². The smallest absolute Gasteiger partial charge is 0.158 e. The van der Waals surface area contributed by atoms with E-state index in [0.717, 1.165) is 12.2 Å². The van der Waals surface area contributed by atoms with Crippen LogP contribution in [0.2, 0.25) is 0 Å². The third kappa shape index (κ3) is 2.38. The lowest BCUT2D eigenvalue weighted by Crippen LogP contribution is -2.36. The Bertz CT molecular complexity index is 1030. The molecule has 3 heteroatoms. The predicted molar refractivity (Wildman–Crippen MR) is 112 cm³/mol. The fourth-order valence-corrected chi connectivity index (χ4v) is 4.38. The van der Waals surface area contributed by atoms with Gasteiger partial charge in [0.15, 0.2) is 5.82 Å². The zero-order valence-corrected chi connectivity index (χ0v) is 16.4. The van der Waals surface area contributed by atoms with Gasteiger partial charge in [0.05, 0.1) is 5.69 Å². The van der Waals surface area contributed by atoms with Gasteiger partial charge in [-0.1, -0.05) is 51.1 Å². The molecule has 0 amide bonds. The van der Waals surface area contributed by atoms with Crippen molar-refractivity contribution in [3.63, 3.8) is 0 Å². The van der Waals surface area contributed by atoms with E-state index in [9.17, 15) is 0 Å². The summed E-state index contributed by atoms with van der Waals surface area (Å²) in [5.41, 5.74) is 7.99. The first-order valence-electron chi connectivity index (χ1n) is 9.68. The van der Waals surface area contributed by atoms with Gasteiger partial charge in [0.25, 0.3) is 0 Å². The minimum absolute atomic E-state index is 0.139. The van der Waals surface area contributed by atoms with Gasteiger partial charge in [0.2, 0.25) is 0 Å². The Morgan fingerprint density at radius 3 is 2.44 bits per heavy atom. The van der Waals surface area contributed by atoms with Gasteiger partial charge in [-0.05, 0) is 53.3 Å². The summed E-state index contributed by atoms with van der Waals surface area (Å²) in [5.74, 6) is 1.06. The molecule has 1 aromatic heterocycles. The van der Waals surface area contributed by atoms with E-state index in [0.29, 0.717) is 0 Å². The van der Waals surface area contributed by atoms with Crippen LogP contribution in [0.25, 0.3) is 0 Å². The Labute approximate surface area is 161 Å². The van der Waals surface area contributed by atoms with Gasteiger partial charge < -0.3 is 9.80 Å². The van der Waals surface area contributed by atoms with Crippen LogP contribution in [0.3, 0.4) is 0 Å². The molecule has 136 valence electrons. The first-order chi connectivity index (χ1) is 12.9. The number of benzene rings is 2. The second-order valence-electron chi connectivity index (χ2n) is 8.65. The molecule has 1 unspecified atom stereocenters. The molecular formula is C24H25N3. The molecule has 27 heavy (non-hydrogen) atoms. The third-order valence-electron chi connectivity index (χ3n) is 5.84. The van der Waals surface area contributed by atoms with Crippen molar-refractivity contribution in [3.05, 3.63) is 77.5 Å². The van der Waals surface area contributed by atoms with Crippen LogP contribution >= 0.6 is 0 Å². The standard InChI is InChI=1S/C24H25N3/c1-16-8-5-6-9-19(16)27-22-14-17-11-12-18(24(2,3)4)15-21(17)26(22)20-10-7-13-25-23(20)27/h5-13,15,22H,14H2,1-4H3. The largest absolute Gasteiger partial charge is 0.316 e. The average molecular weight is 355 g/mol. The maximum Gasteiger partial charge on any atom is 0.158 e. The summed E-state index contributed by atoms with van der Waals surface area (Å²) in [6.45, 7) is 9.02. The molecule has 0 radical (unpaired) electrons. The van der Waals surface area contributed by atoms with Crippen molar-refractivity contribution in [2.45, 2.75) is 45.7 Å². The molecule has 2 aromatic carbocycles. The summed E-state index contributed by atoms with van der Waals surface area (Å²) in [6.07, 6.45) is 3.16. The second kappa shape index (κ2) is 5.59. The Hall–Kier alpha value is -2.81. The lowest BCUT2D eigenvalue weighted by molar-refractivity contribution is 0.590. The SMILES string of the molecule is Cc1ccccc1N1c2ncccc2N2c3cc(C(C)(C)C)ccc3CC21. The number of anilines is 4. The summed E-state index contributed by atoms with van der Waals surface area (Å²) in [7, 11) is 0. The lowest BCUT2D eigenvalue weighted by Gasteiger charge is -2.28. The van der Waals surface area contributed by atoms with Crippen LogP contribution in [0.15, 0.2) is 60.8 Å². The maximum absolute atomic E-state index is 4.77. The van der Waals surface area contributed by atoms with Crippen LogP contribution in [0, 0.1) is 6.92 Å². The minimum Gasteiger partial charge on any atom is -0.316 e. The van der Waals surface area contributed by atoms with Gasteiger partial charge in [0.1, 0.15) is 6.17 Å². The highest BCUT2D eigenvalue weighted by molar-refractivity contribution is 5.89. The molecule has 0 aliphatic carbocycles. The molecule has 0 saturated carbocycles. The quantitative estimate of drug-likeness (QED) is 0.545. The van der Waals surface area contributed by atoms with Gasteiger partial charge >= 0.3 is 0 Å². The molecule has 1 atom stereocenters. The van der Waals surface area contributed by atoms with Crippen molar-refractivity contribution in [1.82, 2.24) is 4.98 Å². The number of nitrogens with zero attached hydrogens (tertiary/aromatic N) is 3. The third-order valence-corrected chi connectivity index (χ3v) is 5.84. The first-order valence-corrected chi connectivity index (χ1v) is 9.68. The Morgan fingerprint density at radius 2 is 1.67 bits per heavy atom. The molecule has 0 saturated heterocycles. The number of aromatic nitrogens is 1. The Morgan fingerprint density at radius 1 is 0.889 bits per heavy atom. The topological polar surface area (TPSA) is 19.4 Å². The zero-order chi connectivity index (χ0) is 18.8. The summed E-state index contributed by atoms with van der Waals surface area (Å²) < 4.78 is 0. The summed E-state index contributed by atoms with van der Waals surface area (Å²) in [4.78, 5) is 9.67. The van der Waals surface area contributed by atoms with E-state index in [1.807, 2.05) is 12.3 Å². The van der Waals surface area contributed by atoms with Crippen LogP contribution in [-0.4, -0.2) is 11.1 Å². The number of pyridine rings is 1. The Kier molecular flexibility index (Phi) is 3.39. The highest BCUT2D eigenvalue weighted by atomic mass is 15.5. The van der Waals surface area contributed by atoms with Gasteiger partial charge in [-0.25, -0.2) is 4.98 Å². The average Bonchev–Trinajstić information content (AvgIpc) is 3.15. The van der Waals surface area contributed by atoms with Crippen molar-refractivity contribution in [2.75, 3.05) is 9.80 Å². The van der Waals surface area contributed by atoms with E-state index in [4.69, 9.17) is 4.98 Å². The van der Waals surface area contributed by atoms with E-state index < -0.39 is 0 Å². The maximum atomic E-state index is 4.77. The normalized spacial score (nSPS) is 17.7. The molecule has 0 spiro atoms. The summed E-state index contributed by atoms with van der Waals surface area (Å²) in [5, 5.41) is 0. The van der Waals surface area contributed by atoms with Gasteiger partial charge in [-0.3, -0.25) is 0 Å². The van der Waals surface area contributed by atoms with Gasteiger partial charge in [0, 0.05) is 24.0 Å².